The highest BCUT2D eigenvalue weighted by atomic mass is 16.4. The van der Waals surface area contributed by atoms with Crippen molar-refractivity contribution in [2.45, 2.75) is 39.2 Å². The average Bonchev–Trinajstić information content (AvgIpc) is 2.87. The zero-order chi connectivity index (χ0) is 12.6. The zero-order valence-corrected chi connectivity index (χ0v) is 10.1. The van der Waals surface area contributed by atoms with Gasteiger partial charge in [0.25, 0.3) is 0 Å². The van der Waals surface area contributed by atoms with Crippen molar-refractivity contribution in [1.82, 2.24) is 4.57 Å². The molecule has 1 N–H and O–H groups in total. The molecular weight excluding hydrogens is 218 g/mol. The van der Waals surface area contributed by atoms with E-state index in [9.17, 15) is 9.59 Å². The lowest BCUT2D eigenvalue weighted by atomic mass is 10.2. The van der Waals surface area contributed by atoms with Crippen LogP contribution in [0.2, 0.25) is 0 Å². The molecule has 1 aromatic rings. The maximum atomic E-state index is 11.3. The number of Topliss-reactive ketones (excluding diaryl/α,β-unsaturated/α-hetero) is 1. The van der Waals surface area contributed by atoms with E-state index >= 15 is 0 Å². The molecule has 2 unspecified atom stereocenters. The van der Waals surface area contributed by atoms with E-state index in [2.05, 4.69) is 6.92 Å². The van der Waals surface area contributed by atoms with Gasteiger partial charge in [-0.25, -0.2) is 4.79 Å². The van der Waals surface area contributed by atoms with Crippen molar-refractivity contribution in [3.63, 3.8) is 0 Å². The summed E-state index contributed by atoms with van der Waals surface area (Å²) in [6.45, 7) is 3.59. The highest BCUT2D eigenvalue weighted by Gasteiger charge is 2.39. The summed E-state index contributed by atoms with van der Waals surface area (Å²) in [4.78, 5) is 22.4. The van der Waals surface area contributed by atoms with Crippen LogP contribution < -0.4 is 0 Å². The smallest absolute Gasteiger partial charge is 0.352 e. The summed E-state index contributed by atoms with van der Waals surface area (Å²) in [5.41, 5.74) is 0.725. The molecule has 0 saturated heterocycles. The van der Waals surface area contributed by atoms with Gasteiger partial charge < -0.3 is 9.67 Å². The molecular formula is C13H17NO3. The van der Waals surface area contributed by atoms with Crippen molar-refractivity contribution in [1.29, 1.82) is 0 Å². The summed E-state index contributed by atoms with van der Waals surface area (Å²) in [6, 6.07) is 1.75. The van der Waals surface area contributed by atoms with Gasteiger partial charge in [0.2, 0.25) is 0 Å². The molecule has 1 saturated carbocycles. The molecule has 0 amide bonds. The fourth-order valence-electron chi connectivity index (χ4n) is 2.37. The van der Waals surface area contributed by atoms with E-state index < -0.39 is 5.97 Å². The lowest BCUT2D eigenvalue weighted by molar-refractivity contribution is 0.0684. The van der Waals surface area contributed by atoms with Gasteiger partial charge in [-0.15, -0.1) is 0 Å². The Morgan fingerprint density at radius 1 is 1.53 bits per heavy atom. The summed E-state index contributed by atoms with van der Waals surface area (Å²) in [6.07, 6.45) is 4.95. The predicted octanol–water partition coefficient (Wildman–Crippen LogP) is 2.75. The summed E-state index contributed by atoms with van der Waals surface area (Å²) in [5.74, 6) is -0.469. The van der Waals surface area contributed by atoms with Crippen LogP contribution in [0.4, 0.5) is 0 Å². The molecule has 1 aromatic heterocycles. The predicted molar refractivity (Wildman–Crippen MR) is 63.4 cm³/mol. The van der Waals surface area contributed by atoms with Gasteiger partial charge in [-0.1, -0.05) is 13.3 Å². The van der Waals surface area contributed by atoms with E-state index in [1.165, 1.54) is 13.0 Å². The summed E-state index contributed by atoms with van der Waals surface area (Å²) in [5, 5.41) is 9.12. The van der Waals surface area contributed by atoms with Gasteiger partial charge in [-0.3, -0.25) is 4.79 Å². The molecule has 1 heterocycles. The molecule has 2 atom stereocenters. The van der Waals surface area contributed by atoms with Crippen LogP contribution in [-0.2, 0) is 0 Å². The fraction of sp³-hybridized carbons (Fsp3) is 0.538. The highest BCUT2D eigenvalue weighted by molar-refractivity contribution is 5.97. The van der Waals surface area contributed by atoms with Crippen LogP contribution >= 0.6 is 0 Å². The molecule has 1 aliphatic carbocycles. The summed E-state index contributed by atoms with van der Waals surface area (Å²) < 4.78 is 1.76. The van der Waals surface area contributed by atoms with Crippen molar-refractivity contribution in [2.75, 3.05) is 0 Å². The lowest BCUT2D eigenvalue weighted by Crippen LogP contribution is -2.06. The Bertz CT molecular complexity index is 461. The Hall–Kier alpha value is -1.58. The van der Waals surface area contributed by atoms with E-state index in [0.29, 0.717) is 11.5 Å². The number of carboxylic acid groups (broad SMARTS) is 1. The van der Waals surface area contributed by atoms with Gasteiger partial charge in [0, 0.05) is 17.8 Å². The number of aromatic carboxylic acids is 1. The first-order valence-electron chi connectivity index (χ1n) is 6.00. The maximum Gasteiger partial charge on any atom is 0.352 e. The number of carboxylic acids is 1. The van der Waals surface area contributed by atoms with Crippen molar-refractivity contribution in [3.05, 3.63) is 23.5 Å². The van der Waals surface area contributed by atoms with Crippen molar-refractivity contribution in [2.24, 2.45) is 5.92 Å². The largest absolute Gasteiger partial charge is 0.477 e. The third-order valence-corrected chi connectivity index (χ3v) is 3.38. The van der Waals surface area contributed by atoms with Crippen LogP contribution in [0.1, 0.15) is 60.0 Å². The number of carbonyl (C=O) groups excluding carboxylic acids is 1. The maximum absolute atomic E-state index is 11.3. The SMILES string of the molecule is CCCC1CC1n1cc(C(C)=O)cc1C(=O)O. The molecule has 4 nitrogen and oxygen atoms in total. The van der Waals surface area contributed by atoms with Crippen LogP contribution in [0.5, 0.6) is 0 Å². The van der Waals surface area contributed by atoms with E-state index in [1.54, 1.807) is 10.8 Å². The first kappa shape index (κ1) is 11.9. The first-order valence-corrected chi connectivity index (χ1v) is 6.00. The number of nitrogens with zero attached hydrogens (tertiary/aromatic N) is 1. The van der Waals surface area contributed by atoms with Crippen LogP contribution in [0, 0.1) is 5.92 Å². The second-order valence-electron chi connectivity index (χ2n) is 4.73. The molecule has 17 heavy (non-hydrogen) atoms. The van der Waals surface area contributed by atoms with E-state index in [4.69, 9.17) is 5.11 Å². The Kier molecular flexibility index (Phi) is 3.05. The third-order valence-electron chi connectivity index (χ3n) is 3.38. The number of aromatic nitrogens is 1. The molecule has 92 valence electrons. The Morgan fingerprint density at radius 2 is 2.24 bits per heavy atom. The molecule has 0 radical (unpaired) electrons. The monoisotopic (exact) mass is 235 g/mol. The third kappa shape index (κ3) is 2.25. The lowest BCUT2D eigenvalue weighted by Gasteiger charge is -2.04. The van der Waals surface area contributed by atoms with Gasteiger partial charge in [-0.05, 0) is 31.7 Å². The molecule has 1 aliphatic rings. The molecule has 0 bridgehead atoms. The number of rotatable bonds is 5. The van der Waals surface area contributed by atoms with Gasteiger partial charge in [0.1, 0.15) is 5.69 Å². The van der Waals surface area contributed by atoms with Gasteiger partial charge in [-0.2, -0.15) is 0 Å². The van der Waals surface area contributed by atoms with Crippen LogP contribution in [0.15, 0.2) is 12.3 Å². The normalized spacial score (nSPS) is 22.5. The van der Waals surface area contributed by atoms with Gasteiger partial charge in [0.15, 0.2) is 5.78 Å². The average molecular weight is 235 g/mol. The van der Waals surface area contributed by atoms with E-state index in [1.807, 2.05) is 0 Å². The molecule has 0 spiro atoms. The minimum absolute atomic E-state index is 0.0843. The van der Waals surface area contributed by atoms with Gasteiger partial charge in [0.05, 0.1) is 0 Å². The van der Waals surface area contributed by atoms with Gasteiger partial charge >= 0.3 is 5.97 Å². The zero-order valence-electron chi connectivity index (χ0n) is 10.1. The Morgan fingerprint density at radius 3 is 2.76 bits per heavy atom. The summed E-state index contributed by atoms with van der Waals surface area (Å²) >= 11 is 0. The quantitative estimate of drug-likeness (QED) is 0.798. The fourth-order valence-corrected chi connectivity index (χ4v) is 2.37. The second-order valence-corrected chi connectivity index (χ2v) is 4.73. The van der Waals surface area contributed by atoms with Crippen LogP contribution in [0.25, 0.3) is 0 Å². The molecule has 4 heteroatoms. The standard InChI is InChI=1S/C13H17NO3/c1-3-4-9-5-11(9)14-7-10(8(2)15)6-12(14)13(16)17/h6-7,9,11H,3-5H2,1-2H3,(H,16,17). The molecule has 1 fully saturated rings. The van der Waals surface area contributed by atoms with Crippen molar-refractivity contribution in [3.8, 4) is 0 Å². The van der Waals surface area contributed by atoms with Crippen LogP contribution in [-0.4, -0.2) is 21.4 Å². The first-order chi connectivity index (χ1) is 8.04. The van der Waals surface area contributed by atoms with E-state index in [-0.39, 0.29) is 17.5 Å². The van der Waals surface area contributed by atoms with E-state index in [0.717, 1.165) is 19.3 Å². The minimum Gasteiger partial charge on any atom is -0.477 e. The van der Waals surface area contributed by atoms with Crippen molar-refractivity contribution < 1.29 is 14.7 Å². The Balaban J connectivity index is 2.27. The number of carbonyl (C=O) groups is 2. The number of ketones is 1. The number of hydrogen-bond acceptors (Lipinski definition) is 2. The summed E-state index contributed by atoms with van der Waals surface area (Å²) in [7, 11) is 0. The number of hydrogen-bond donors (Lipinski definition) is 1. The second kappa shape index (κ2) is 4.35. The molecule has 0 aliphatic heterocycles. The topological polar surface area (TPSA) is 59.3 Å². The molecule has 2 rings (SSSR count). The Labute approximate surface area is 100 Å². The highest BCUT2D eigenvalue weighted by Crippen LogP contribution is 2.47. The van der Waals surface area contributed by atoms with Crippen LogP contribution in [0.3, 0.4) is 0 Å². The minimum atomic E-state index is -0.959. The van der Waals surface area contributed by atoms with Crippen molar-refractivity contribution >= 4 is 11.8 Å². The molecule has 0 aromatic carbocycles.